The molecule has 0 atom stereocenters. The molecule has 0 spiro atoms. The Morgan fingerprint density at radius 3 is 2.84 bits per heavy atom. The zero-order valence-electron chi connectivity index (χ0n) is 17.3. The molecule has 2 bridgehead atoms. The Morgan fingerprint density at radius 2 is 2.19 bits per heavy atom. The van der Waals surface area contributed by atoms with Gasteiger partial charge in [-0.2, -0.15) is 0 Å². The smallest absolute Gasteiger partial charge is 0.381 e. The number of aromatic nitrogens is 2. The number of hydrogen-bond acceptors (Lipinski definition) is 11. The van der Waals surface area contributed by atoms with E-state index in [0.717, 1.165) is 36.5 Å². The van der Waals surface area contributed by atoms with Gasteiger partial charge in [0.15, 0.2) is 5.76 Å². The van der Waals surface area contributed by atoms with Gasteiger partial charge < -0.3 is 30.7 Å². The van der Waals surface area contributed by atoms with Crippen LogP contribution in [-0.4, -0.2) is 47.8 Å². The topological polar surface area (TPSA) is 180 Å². The van der Waals surface area contributed by atoms with Crippen molar-refractivity contribution in [3.63, 3.8) is 0 Å². The van der Waals surface area contributed by atoms with Crippen LogP contribution in [0.25, 0.3) is 0 Å². The molecule has 12 nitrogen and oxygen atoms in total. The fraction of sp³-hybridized carbons (Fsp3) is 0.421. The van der Waals surface area contributed by atoms with Gasteiger partial charge >= 0.3 is 5.63 Å². The highest BCUT2D eigenvalue weighted by Gasteiger charge is 2.56. The van der Waals surface area contributed by atoms with Crippen LogP contribution in [0, 0.1) is 5.92 Å². The molecular weight excluding hydrogens is 438 g/mol. The number of carbonyl (C=O) groups excluding carboxylic acids is 1. The van der Waals surface area contributed by atoms with Gasteiger partial charge in [0.25, 0.3) is 5.91 Å². The van der Waals surface area contributed by atoms with E-state index < -0.39 is 11.5 Å². The predicted molar refractivity (Wildman–Crippen MR) is 119 cm³/mol. The zero-order chi connectivity index (χ0) is 22.7. The van der Waals surface area contributed by atoms with E-state index in [4.69, 9.17) is 25.4 Å². The van der Waals surface area contributed by atoms with Crippen molar-refractivity contribution < 1.29 is 18.7 Å². The first kappa shape index (κ1) is 21.8. The lowest BCUT2D eigenvalue weighted by Crippen LogP contribution is -2.63. The Hall–Kier alpha value is -3.45. The fourth-order valence-electron chi connectivity index (χ4n) is 3.68. The van der Waals surface area contributed by atoms with Gasteiger partial charge in [-0.25, -0.2) is 9.79 Å². The Kier molecular flexibility index (Phi) is 6.10. The minimum absolute atomic E-state index is 0.0271. The van der Waals surface area contributed by atoms with Gasteiger partial charge in [0, 0.05) is 18.7 Å². The lowest BCUT2D eigenvalue weighted by Gasteiger charge is -2.62. The molecule has 3 aliphatic rings. The van der Waals surface area contributed by atoms with Gasteiger partial charge in [-0.05, 0) is 37.5 Å². The summed E-state index contributed by atoms with van der Waals surface area (Å²) in [7, 11) is 1.54. The van der Waals surface area contributed by atoms with Crippen molar-refractivity contribution in [2.45, 2.75) is 24.8 Å². The summed E-state index contributed by atoms with van der Waals surface area (Å²) in [5.74, 6) is 0.0498. The first-order valence-corrected chi connectivity index (χ1v) is 10.7. The van der Waals surface area contributed by atoms with Crippen molar-refractivity contribution in [3.8, 4) is 5.75 Å². The summed E-state index contributed by atoms with van der Waals surface area (Å²) in [5, 5.41) is 14.0. The van der Waals surface area contributed by atoms with Crippen LogP contribution in [-0.2, 0) is 4.74 Å². The van der Waals surface area contributed by atoms with Crippen LogP contribution in [0.2, 0.25) is 0 Å². The summed E-state index contributed by atoms with van der Waals surface area (Å²) in [5.41, 5.74) is 10.5. The second-order valence-electron chi connectivity index (χ2n) is 7.61. The molecule has 6 N–H and O–H groups in total. The first-order valence-electron chi connectivity index (χ1n) is 9.87. The molecule has 0 radical (unpaired) electrons. The Bertz CT molecular complexity index is 1110. The summed E-state index contributed by atoms with van der Waals surface area (Å²) < 4.78 is 15.7. The number of nitrogens with zero attached hydrogens (tertiary/aromatic N) is 3. The third-order valence-electron chi connectivity index (χ3n) is 5.23. The molecular formula is C19H23N7O5S. The molecule has 32 heavy (non-hydrogen) atoms. The molecule has 0 unspecified atom stereocenters. The number of amidine groups is 1. The first-order chi connectivity index (χ1) is 15.4. The van der Waals surface area contributed by atoms with E-state index in [0.29, 0.717) is 12.3 Å². The number of aliphatic imine (C=N–C) groups is 1. The van der Waals surface area contributed by atoms with Gasteiger partial charge in [0.05, 0.1) is 12.3 Å². The molecule has 0 saturated heterocycles. The molecule has 2 aromatic rings. The van der Waals surface area contributed by atoms with E-state index in [-0.39, 0.29) is 39.8 Å². The van der Waals surface area contributed by atoms with E-state index in [9.17, 15) is 9.59 Å². The van der Waals surface area contributed by atoms with E-state index >= 15 is 0 Å². The molecule has 2 aromatic heterocycles. The van der Waals surface area contributed by atoms with E-state index in [1.54, 1.807) is 0 Å². The maximum absolute atomic E-state index is 12.7. The van der Waals surface area contributed by atoms with Gasteiger partial charge in [-0.1, -0.05) is 11.3 Å². The SMILES string of the molecule is COCCOc1c(NC23CC(C2)C3)cc(C(=O)Nc2nnc(/N=C(N)/C=C\N)s2)oc1=O. The summed E-state index contributed by atoms with van der Waals surface area (Å²) >= 11 is 0.994. The average molecular weight is 462 g/mol. The van der Waals surface area contributed by atoms with E-state index in [2.05, 4.69) is 25.8 Å². The van der Waals surface area contributed by atoms with Crippen molar-refractivity contribution in [1.29, 1.82) is 0 Å². The van der Waals surface area contributed by atoms with Gasteiger partial charge in [-0.15, -0.1) is 10.2 Å². The second-order valence-corrected chi connectivity index (χ2v) is 8.56. The molecule has 3 aliphatic carbocycles. The molecule has 0 aromatic carbocycles. The molecule has 5 rings (SSSR count). The lowest BCUT2D eigenvalue weighted by atomic mass is 9.50. The van der Waals surface area contributed by atoms with Crippen molar-refractivity contribution >= 4 is 39.0 Å². The summed E-state index contributed by atoms with van der Waals surface area (Å²) in [6.45, 7) is 0.482. The van der Waals surface area contributed by atoms with Crippen LogP contribution >= 0.6 is 11.3 Å². The number of nitrogens with one attached hydrogen (secondary N) is 2. The number of methoxy groups -OCH3 is 1. The molecule has 13 heteroatoms. The summed E-state index contributed by atoms with van der Waals surface area (Å²) in [4.78, 5) is 29.3. The quantitative estimate of drug-likeness (QED) is 0.228. The normalized spacial score (nSPS) is 21.7. The highest BCUT2D eigenvalue weighted by Crippen LogP contribution is 2.59. The summed E-state index contributed by atoms with van der Waals surface area (Å²) in [6, 6.07) is 1.46. The zero-order valence-corrected chi connectivity index (χ0v) is 18.1. The lowest BCUT2D eigenvalue weighted by molar-refractivity contribution is 0.00179. The average Bonchev–Trinajstić information content (AvgIpc) is 3.12. The van der Waals surface area contributed by atoms with Crippen molar-refractivity contribution in [2.75, 3.05) is 31.0 Å². The maximum Gasteiger partial charge on any atom is 0.381 e. The number of amides is 1. The van der Waals surface area contributed by atoms with Gasteiger partial charge in [0.2, 0.25) is 16.0 Å². The second kappa shape index (κ2) is 8.96. The molecule has 0 aliphatic heterocycles. The highest BCUT2D eigenvalue weighted by atomic mass is 32.1. The minimum Gasteiger partial charge on any atom is -0.483 e. The number of carbonyl (C=O) groups is 1. The van der Waals surface area contributed by atoms with E-state index in [1.807, 2.05) is 0 Å². The van der Waals surface area contributed by atoms with Crippen molar-refractivity contribution in [1.82, 2.24) is 10.2 Å². The monoisotopic (exact) mass is 461 g/mol. The number of anilines is 2. The van der Waals surface area contributed by atoms with Crippen molar-refractivity contribution in [2.24, 2.45) is 22.4 Å². The number of nitrogens with two attached hydrogens (primary N) is 2. The molecule has 3 fully saturated rings. The van der Waals surface area contributed by atoms with Crippen LogP contribution in [0.4, 0.5) is 16.0 Å². The van der Waals surface area contributed by atoms with Crippen LogP contribution in [0.3, 0.4) is 0 Å². The van der Waals surface area contributed by atoms with Crippen LogP contribution in [0.5, 0.6) is 5.75 Å². The summed E-state index contributed by atoms with van der Waals surface area (Å²) in [6.07, 6.45) is 5.73. The number of ether oxygens (including phenoxy) is 2. The van der Waals surface area contributed by atoms with Crippen molar-refractivity contribution in [3.05, 3.63) is 34.5 Å². The third-order valence-corrected chi connectivity index (χ3v) is 5.96. The predicted octanol–water partition coefficient (Wildman–Crippen LogP) is 1.19. The third kappa shape index (κ3) is 4.57. The molecule has 1 amide bonds. The fourth-order valence-corrected chi connectivity index (χ4v) is 4.32. The van der Waals surface area contributed by atoms with Gasteiger partial charge in [0.1, 0.15) is 12.4 Å². The maximum atomic E-state index is 12.7. The molecule has 2 heterocycles. The molecule has 170 valence electrons. The highest BCUT2D eigenvalue weighted by molar-refractivity contribution is 7.18. The van der Waals surface area contributed by atoms with Crippen LogP contribution in [0.1, 0.15) is 29.8 Å². The van der Waals surface area contributed by atoms with Crippen LogP contribution in [0.15, 0.2) is 32.5 Å². The Morgan fingerprint density at radius 1 is 1.41 bits per heavy atom. The Labute approximate surface area is 186 Å². The minimum atomic E-state index is -0.758. The van der Waals surface area contributed by atoms with E-state index in [1.165, 1.54) is 25.5 Å². The standard InChI is InChI=1S/C19H23N7O5S/c1-29-4-5-30-14-11(24-19-7-10(8-19)9-19)6-12(31-16(14)28)15(27)23-18-26-25-17(32-18)22-13(21)2-3-20/h2-3,6,10,24H,4-5,7-9,20H2,1H3,(H2,21,22,25)(H,23,26,27)/b3-2-. The number of rotatable bonds is 10. The Balaban J connectivity index is 1.53. The van der Waals surface area contributed by atoms with Crippen LogP contribution < -0.4 is 32.5 Å². The largest absolute Gasteiger partial charge is 0.483 e. The molecule has 3 saturated carbocycles. The number of hydrogen-bond donors (Lipinski definition) is 4. The van der Waals surface area contributed by atoms with Gasteiger partial charge in [-0.3, -0.25) is 10.1 Å².